The molecule has 2 aromatic rings. The molecule has 1 aliphatic heterocycles. The van der Waals surface area contributed by atoms with Crippen LogP contribution in [0.1, 0.15) is 22.7 Å². The van der Waals surface area contributed by atoms with E-state index in [4.69, 9.17) is 5.73 Å². The highest BCUT2D eigenvalue weighted by molar-refractivity contribution is 9.10. The Bertz CT molecular complexity index is 657. The summed E-state index contributed by atoms with van der Waals surface area (Å²) in [6.07, 6.45) is 1.01. The van der Waals surface area contributed by atoms with Gasteiger partial charge in [-0.1, -0.05) is 46.3 Å². The molecule has 1 atom stereocenters. The molecule has 0 aromatic heterocycles. The van der Waals surface area contributed by atoms with Crippen molar-refractivity contribution in [2.24, 2.45) is 5.73 Å². The average molecular weight is 331 g/mol. The van der Waals surface area contributed by atoms with Gasteiger partial charge in [0, 0.05) is 28.8 Å². The average Bonchev–Trinajstić information content (AvgIpc) is 2.85. The van der Waals surface area contributed by atoms with Gasteiger partial charge in [0.1, 0.15) is 12.3 Å². The maximum atomic E-state index is 11.6. The molecule has 1 aliphatic rings. The fraction of sp³-hybridized carbons (Fsp3) is 0.188. The van der Waals surface area contributed by atoms with E-state index in [0.717, 1.165) is 34.1 Å². The Morgan fingerprint density at radius 2 is 2.05 bits per heavy atom. The number of carbonyl (C=O) groups is 1. The van der Waals surface area contributed by atoms with Gasteiger partial charge < -0.3 is 15.4 Å². The summed E-state index contributed by atoms with van der Waals surface area (Å²) in [5, 5.41) is 0. The van der Waals surface area contributed by atoms with Crippen molar-refractivity contribution in [1.29, 1.82) is 0 Å². The lowest BCUT2D eigenvalue weighted by Crippen LogP contribution is -2.24. The van der Waals surface area contributed by atoms with E-state index in [1.54, 1.807) is 0 Å². The van der Waals surface area contributed by atoms with Gasteiger partial charge in [-0.05, 0) is 23.3 Å². The number of hydrogen-bond donors (Lipinski definition) is 1. The van der Waals surface area contributed by atoms with E-state index in [0.29, 0.717) is 6.54 Å². The molecule has 2 N–H and O–H groups in total. The fourth-order valence-electron chi connectivity index (χ4n) is 2.82. The van der Waals surface area contributed by atoms with Crippen molar-refractivity contribution in [1.82, 2.24) is 0 Å². The quantitative estimate of drug-likeness (QED) is 0.879. The number of nitrogens with zero attached hydrogens (tertiary/aromatic N) is 1. The van der Waals surface area contributed by atoms with Crippen LogP contribution in [0, 0.1) is 0 Å². The van der Waals surface area contributed by atoms with Crippen LogP contribution in [0.25, 0.3) is 0 Å². The molecule has 3 rings (SSSR count). The molecule has 1 heterocycles. The number of aldehydes is 1. The van der Waals surface area contributed by atoms with Gasteiger partial charge >= 0.3 is 0 Å². The van der Waals surface area contributed by atoms with Gasteiger partial charge in [-0.3, -0.25) is 0 Å². The van der Waals surface area contributed by atoms with Gasteiger partial charge in [-0.25, -0.2) is 0 Å². The van der Waals surface area contributed by atoms with Crippen LogP contribution in [0.3, 0.4) is 0 Å². The van der Waals surface area contributed by atoms with Crippen molar-refractivity contribution in [2.75, 3.05) is 4.90 Å². The van der Waals surface area contributed by atoms with Gasteiger partial charge in [0.25, 0.3) is 0 Å². The van der Waals surface area contributed by atoms with E-state index in [1.165, 1.54) is 5.56 Å². The van der Waals surface area contributed by atoms with Gasteiger partial charge in [-0.2, -0.15) is 0 Å². The Balaban J connectivity index is 2.09. The summed E-state index contributed by atoms with van der Waals surface area (Å²) in [5.74, 6) is 0. The molecule has 0 fully saturated rings. The second-order valence-electron chi connectivity index (χ2n) is 4.85. The molecule has 0 amide bonds. The highest BCUT2D eigenvalue weighted by Gasteiger charge is 2.30. The molecule has 20 heavy (non-hydrogen) atoms. The highest BCUT2D eigenvalue weighted by atomic mass is 79.9. The zero-order chi connectivity index (χ0) is 14.1. The normalized spacial score (nSPS) is 17.1. The van der Waals surface area contributed by atoms with Crippen molar-refractivity contribution in [3.8, 4) is 0 Å². The van der Waals surface area contributed by atoms with E-state index in [1.807, 2.05) is 36.4 Å². The van der Waals surface area contributed by atoms with E-state index >= 15 is 0 Å². The predicted octanol–water partition coefficient (Wildman–Crippen LogP) is 3.17. The molecule has 0 spiro atoms. The lowest BCUT2D eigenvalue weighted by atomic mass is 10.1. The third-order valence-electron chi connectivity index (χ3n) is 3.79. The van der Waals surface area contributed by atoms with Crippen molar-refractivity contribution in [2.45, 2.75) is 19.1 Å². The van der Waals surface area contributed by atoms with Crippen LogP contribution >= 0.6 is 15.9 Å². The van der Waals surface area contributed by atoms with Crippen molar-refractivity contribution in [3.63, 3.8) is 0 Å². The summed E-state index contributed by atoms with van der Waals surface area (Å²) in [6, 6.07) is 13.8. The summed E-state index contributed by atoms with van der Waals surface area (Å²) >= 11 is 3.54. The number of fused-ring (bicyclic) bond motifs is 1. The van der Waals surface area contributed by atoms with E-state index < -0.39 is 0 Å². The first-order valence-electron chi connectivity index (χ1n) is 6.53. The lowest BCUT2D eigenvalue weighted by molar-refractivity contribution is -0.108. The standard InChI is InChI=1S/C16H15BrN2O/c17-14-6-3-7-15(13(14)8-18)19-9-11-4-1-2-5-12(11)16(19)10-20/h1-7,10,16H,8-9,18H2. The number of halogens is 1. The van der Waals surface area contributed by atoms with Crippen molar-refractivity contribution in [3.05, 3.63) is 63.6 Å². The Labute approximate surface area is 126 Å². The second-order valence-corrected chi connectivity index (χ2v) is 5.70. The summed E-state index contributed by atoms with van der Waals surface area (Å²) in [4.78, 5) is 13.7. The van der Waals surface area contributed by atoms with Crippen LogP contribution in [0.5, 0.6) is 0 Å². The SMILES string of the molecule is NCc1c(Br)cccc1N1Cc2ccccc2C1C=O. The smallest absolute Gasteiger partial charge is 0.147 e. The number of carbonyl (C=O) groups excluding carboxylic acids is 1. The molecule has 102 valence electrons. The van der Waals surface area contributed by atoms with Gasteiger partial charge in [0.15, 0.2) is 0 Å². The molecule has 0 aliphatic carbocycles. The van der Waals surface area contributed by atoms with Crippen LogP contribution in [-0.2, 0) is 17.9 Å². The zero-order valence-corrected chi connectivity index (χ0v) is 12.5. The third-order valence-corrected chi connectivity index (χ3v) is 4.53. The molecule has 1 unspecified atom stereocenters. The summed E-state index contributed by atoms with van der Waals surface area (Å²) in [6.45, 7) is 1.18. The van der Waals surface area contributed by atoms with Gasteiger partial charge in [-0.15, -0.1) is 0 Å². The molecule has 0 saturated heterocycles. The Morgan fingerprint density at radius 3 is 2.80 bits per heavy atom. The Kier molecular flexibility index (Phi) is 3.59. The molecule has 3 nitrogen and oxygen atoms in total. The predicted molar refractivity (Wildman–Crippen MR) is 83.5 cm³/mol. The lowest BCUT2D eigenvalue weighted by Gasteiger charge is -2.26. The second kappa shape index (κ2) is 5.38. The van der Waals surface area contributed by atoms with E-state index in [-0.39, 0.29) is 6.04 Å². The van der Waals surface area contributed by atoms with Crippen LogP contribution in [-0.4, -0.2) is 6.29 Å². The monoisotopic (exact) mass is 330 g/mol. The minimum Gasteiger partial charge on any atom is -0.353 e. The largest absolute Gasteiger partial charge is 0.353 e. The molecular weight excluding hydrogens is 316 g/mol. The number of rotatable bonds is 3. The highest BCUT2D eigenvalue weighted by Crippen LogP contribution is 2.39. The summed E-state index contributed by atoms with van der Waals surface area (Å²) in [7, 11) is 0. The maximum absolute atomic E-state index is 11.6. The molecule has 0 bridgehead atoms. The van der Waals surface area contributed by atoms with Crippen LogP contribution in [0.2, 0.25) is 0 Å². The van der Waals surface area contributed by atoms with Crippen molar-refractivity contribution < 1.29 is 4.79 Å². The minimum absolute atomic E-state index is 0.231. The molecule has 0 saturated carbocycles. The van der Waals surface area contributed by atoms with Crippen LogP contribution in [0.4, 0.5) is 5.69 Å². The summed E-state index contributed by atoms with van der Waals surface area (Å²) in [5.41, 5.74) is 10.2. The number of benzene rings is 2. The van der Waals surface area contributed by atoms with Crippen LogP contribution < -0.4 is 10.6 Å². The number of hydrogen-bond acceptors (Lipinski definition) is 3. The van der Waals surface area contributed by atoms with Gasteiger partial charge in [0.05, 0.1) is 0 Å². The Hall–Kier alpha value is -1.65. The molecule has 2 aromatic carbocycles. The molecule has 4 heteroatoms. The maximum Gasteiger partial charge on any atom is 0.147 e. The topological polar surface area (TPSA) is 46.3 Å². The fourth-order valence-corrected chi connectivity index (χ4v) is 3.33. The first-order valence-corrected chi connectivity index (χ1v) is 7.32. The van der Waals surface area contributed by atoms with Crippen LogP contribution in [0.15, 0.2) is 46.9 Å². The Morgan fingerprint density at radius 1 is 1.25 bits per heavy atom. The third kappa shape index (κ3) is 2.05. The van der Waals surface area contributed by atoms with E-state index in [9.17, 15) is 4.79 Å². The zero-order valence-electron chi connectivity index (χ0n) is 10.9. The number of nitrogens with two attached hydrogens (primary N) is 1. The van der Waals surface area contributed by atoms with Gasteiger partial charge in [0.2, 0.25) is 0 Å². The van der Waals surface area contributed by atoms with Crippen molar-refractivity contribution >= 4 is 27.9 Å². The summed E-state index contributed by atoms with van der Waals surface area (Å²) < 4.78 is 0.984. The number of anilines is 1. The molecule has 0 radical (unpaired) electrons. The van der Waals surface area contributed by atoms with E-state index in [2.05, 4.69) is 26.9 Å². The minimum atomic E-state index is -0.231. The molecular formula is C16H15BrN2O. The first kappa shape index (κ1) is 13.3. The first-order chi connectivity index (χ1) is 9.76.